The molecule has 1 unspecified atom stereocenters. The normalized spacial score (nSPS) is 13.1. The van der Waals surface area contributed by atoms with Gasteiger partial charge in [0.1, 0.15) is 5.82 Å². The third-order valence-corrected chi connectivity index (χ3v) is 3.60. The highest BCUT2D eigenvalue weighted by Gasteiger charge is 2.10. The van der Waals surface area contributed by atoms with Gasteiger partial charge in [-0.2, -0.15) is 11.8 Å². The van der Waals surface area contributed by atoms with Crippen molar-refractivity contribution in [2.24, 2.45) is 5.73 Å². The van der Waals surface area contributed by atoms with Crippen molar-refractivity contribution in [1.29, 1.82) is 0 Å². The molecule has 0 spiro atoms. The summed E-state index contributed by atoms with van der Waals surface area (Å²) in [5.41, 5.74) is 9.54. The molecule has 17 heavy (non-hydrogen) atoms. The molecule has 92 valence electrons. The summed E-state index contributed by atoms with van der Waals surface area (Å²) in [5.74, 6) is 1.97. The number of aromatic amines is 1. The lowest BCUT2D eigenvalue weighted by atomic mass is 10.1. The number of aromatic nitrogens is 2. The van der Waals surface area contributed by atoms with Crippen molar-refractivity contribution in [3.63, 3.8) is 0 Å². The van der Waals surface area contributed by atoms with Crippen LogP contribution in [0.4, 0.5) is 0 Å². The monoisotopic (exact) mass is 249 g/mol. The molecule has 2 rings (SSSR count). The lowest BCUT2D eigenvalue weighted by molar-refractivity contribution is 0.666. The van der Waals surface area contributed by atoms with Gasteiger partial charge in [0, 0.05) is 0 Å². The Bertz CT molecular complexity index is 492. The van der Waals surface area contributed by atoms with Crippen LogP contribution in [0.15, 0.2) is 18.2 Å². The first-order valence-corrected chi connectivity index (χ1v) is 7.37. The molecule has 0 fully saturated rings. The number of benzene rings is 1. The van der Waals surface area contributed by atoms with Crippen LogP contribution in [-0.4, -0.2) is 22.0 Å². The third kappa shape index (κ3) is 2.82. The summed E-state index contributed by atoms with van der Waals surface area (Å²) in [5, 5.41) is 0. The zero-order chi connectivity index (χ0) is 12.3. The molecule has 0 saturated carbocycles. The highest BCUT2D eigenvalue weighted by Crippen LogP contribution is 2.19. The predicted molar refractivity (Wildman–Crippen MR) is 75.4 cm³/mol. The van der Waals surface area contributed by atoms with E-state index >= 15 is 0 Å². The van der Waals surface area contributed by atoms with Gasteiger partial charge in [0.05, 0.1) is 17.1 Å². The average Bonchev–Trinajstić information content (AvgIpc) is 2.78. The molecule has 1 heterocycles. The molecule has 0 radical (unpaired) electrons. The second-order valence-electron chi connectivity index (χ2n) is 4.22. The van der Waals surface area contributed by atoms with E-state index in [0.717, 1.165) is 35.5 Å². The second kappa shape index (κ2) is 5.56. The summed E-state index contributed by atoms with van der Waals surface area (Å²) >= 11 is 1.82. The van der Waals surface area contributed by atoms with Crippen LogP contribution in [-0.2, 0) is 6.42 Å². The predicted octanol–water partition coefficient (Wildman–Crippen LogP) is 2.88. The van der Waals surface area contributed by atoms with Crippen molar-refractivity contribution in [1.82, 2.24) is 9.97 Å². The molecule has 3 nitrogen and oxygen atoms in total. The van der Waals surface area contributed by atoms with Gasteiger partial charge in [-0.15, -0.1) is 0 Å². The molecule has 0 bridgehead atoms. The van der Waals surface area contributed by atoms with Crippen LogP contribution in [0.3, 0.4) is 0 Å². The second-order valence-corrected chi connectivity index (χ2v) is 5.20. The molecule has 2 aromatic rings. The molecule has 1 aromatic carbocycles. The summed E-state index contributed by atoms with van der Waals surface area (Å²) < 4.78 is 0. The quantitative estimate of drug-likeness (QED) is 0.856. The number of imidazole rings is 1. The van der Waals surface area contributed by atoms with Gasteiger partial charge in [-0.25, -0.2) is 4.98 Å². The van der Waals surface area contributed by atoms with E-state index < -0.39 is 0 Å². The van der Waals surface area contributed by atoms with Gasteiger partial charge in [0.15, 0.2) is 0 Å². The van der Waals surface area contributed by atoms with E-state index in [9.17, 15) is 0 Å². The van der Waals surface area contributed by atoms with E-state index in [2.05, 4.69) is 41.3 Å². The largest absolute Gasteiger partial charge is 0.341 e. The molecule has 0 aliphatic heterocycles. The fourth-order valence-corrected chi connectivity index (χ4v) is 2.34. The van der Waals surface area contributed by atoms with E-state index in [-0.39, 0.29) is 6.04 Å². The lowest BCUT2D eigenvalue weighted by Crippen LogP contribution is -2.12. The first-order valence-electron chi connectivity index (χ1n) is 5.97. The first-order chi connectivity index (χ1) is 8.24. The first kappa shape index (κ1) is 12.5. The number of thioether (sulfide) groups is 1. The van der Waals surface area contributed by atoms with Crippen LogP contribution in [0.2, 0.25) is 0 Å². The highest BCUT2D eigenvalue weighted by atomic mass is 32.2. The van der Waals surface area contributed by atoms with Crippen LogP contribution in [0, 0.1) is 0 Å². The van der Waals surface area contributed by atoms with Gasteiger partial charge in [0.25, 0.3) is 0 Å². The van der Waals surface area contributed by atoms with Crippen molar-refractivity contribution >= 4 is 22.8 Å². The van der Waals surface area contributed by atoms with E-state index in [0.29, 0.717) is 0 Å². The van der Waals surface area contributed by atoms with Crippen LogP contribution < -0.4 is 5.73 Å². The summed E-state index contributed by atoms with van der Waals surface area (Å²) in [6.45, 7) is 2.16. The summed E-state index contributed by atoms with van der Waals surface area (Å²) in [7, 11) is 0. The SMILES string of the molecule is CCc1ccc2nc(C(N)CCSC)[nH]c2c1. The Balaban J connectivity index is 2.24. The molecule has 0 amide bonds. The molecule has 0 aliphatic carbocycles. The van der Waals surface area contributed by atoms with Crippen LogP contribution in [0.25, 0.3) is 11.0 Å². The van der Waals surface area contributed by atoms with Crippen molar-refractivity contribution in [3.8, 4) is 0 Å². The summed E-state index contributed by atoms with van der Waals surface area (Å²) in [6.07, 6.45) is 4.10. The minimum absolute atomic E-state index is 0.0138. The molecule has 1 atom stereocenters. The van der Waals surface area contributed by atoms with Gasteiger partial charge >= 0.3 is 0 Å². The zero-order valence-corrected chi connectivity index (χ0v) is 11.2. The maximum atomic E-state index is 6.11. The number of H-pyrrole nitrogens is 1. The van der Waals surface area contributed by atoms with E-state index in [4.69, 9.17) is 5.73 Å². The van der Waals surface area contributed by atoms with Gasteiger partial charge in [-0.3, -0.25) is 0 Å². The maximum Gasteiger partial charge on any atom is 0.124 e. The Morgan fingerprint density at radius 3 is 3.00 bits per heavy atom. The van der Waals surface area contributed by atoms with Crippen molar-refractivity contribution in [2.75, 3.05) is 12.0 Å². The Morgan fingerprint density at radius 1 is 1.47 bits per heavy atom. The van der Waals surface area contributed by atoms with E-state index in [1.807, 2.05) is 11.8 Å². The van der Waals surface area contributed by atoms with Crippen molar-refractivity contribution in [2.45, 2.75) is 25.8 Å². The molecule has 4 heteroatoms. The van der Waals surface area contributed by atoms with E-state index in [1.54, 1.807) is 0 Å². The van der Waals surface area contributed by atoms with Crippen LogP contribution >= 0.6 is 11.8 Å². The maximum absolute atomic E-state index is 6.11. The molecular formula is C13H19N3S. The zero-order valence-electron chi connectivity index (χ0n) is 10.4. The van der Waals surface area contributed by atoms with Gasteiger partial charge in [0.2, 0.25) is 0 Å². The smallest absolute Gasteiger partial charge is 0.124 e. The van der Waals surface area contributed by atoms with Gasteiger partial charge < -0.3 is 10.7 Å². The van der Waals surface area contributed by atoms with Gasteiger partial charge in [-0.1, -0.05) is 13.0 Å². The Labute approximate surface area is 106 Å². The number of fused-ring (bicyclic) bond motifs is 1. The molecular weight excluding hydrogens is 230 g/mol. The molecule has 1 aromatic heterocycles. The Hall–Kier alpha value is -1.00. The van der Waals surface area contributed by atoms with Crippen molar-refractivity contribution < 1.29 is 0 Å². The van der Waals surface area contributed by atoms with Crippen LogP contribution in [0.5, 0.6) is 0 Å². The van der Waals surface area contributed by atoms with Gasteiger partial charge in [-0.05, 0) is 42.5 Å². The highest BCUT2D eigenvalue weighted by molar-refractivity contribution is 7.98. The number of rotatable bonds is 5. The lowest BCUT2D eigenvalue weighted by Gasteiger charge is -2.06. The summed E-state index contributed by atoms with van der Waals surface area (Å²) in [6, 6.07) is 6.36. The topological polar surface area (TPSA) is 54.7 Å². The number of nitrogens with one attached hydrogen (secondary N) is 1. The average molecular weight is 249 g/mol. The minimum atomic E-state index is 0.0138. The molecule has 0 aliphatic rings. The Kier molecular flexibility index (Phi) is 4.07. The standard InChI is InChI=1S/C13H19N3S/c1-3-9-4-5-11-12(8-9)16-13(15-11)10(14)6-7-17-2/h4-5,8,10H,3,6-7,14H2,1-2H3,(H,15,16). The van der Waals surface area contributed by atoms with Crippen molar-refractivity contribution in [3.05, 3.63) is 29.6 Å². The number of hydrogen-bond acceptors (Lipinski definition) is 3. The number of nitrogens with two attached hydrogens (primary N) is 1. The molecule has 0 saturated heterocycles. The fraction of sp³-hybridized carbons (Fsp3) is 0.462. The van der Waals surface area contributed by atoms with Crippen LogP contribution in [0.1, 0.15) is 30.8 Å². The molecule has 3 N–H and O–H groups in total. The minimum Gasteiger partial charge on any atom is -0.341 e. The number of hydrogen-bond donors (Lipinski definition) is 2. The fourth-order valence-electron chi connectivity index (χ4n) is 1.85. The number of nitrogens with zero attached hydrogens (tertiary/aromatic N) is 1. The Morgan fingerprint density at radius 2 is 2.29 bits per heavy atom. The third-order valence-electron chi connectivity index (χ3n) is 2.96. The summed E-state index contributed by atoms with van der Waals surface area (Å²) in [4.78, 5) is 7.88. The number of aryl methyl sites for hydroxylation is 1. The van der Waals surface area contributed by atoms with E-state index in [1.165, 1.54) is 5.56 Å².